The van der Waals surface area contributed by atoms with E-state index in [2.05, 4.69) is 4.90 Å². The number of methoxy groups -OCH3 is 1. The number of carbonyl (C=O) groups excluding carboxylic acids is 2. The fraction of sp³-hybridized carbons (Fsp3) is 0.500. The number of hydrogen-bond acceptors (Lipinski definition) is 6. The maximum absolute atomic E-state index is 12.6. The average molecular weight is 361 g/mol. The van der Waals surface area contributed by atoms with Crippen LogP contribution in [0.4, 0.5) is 0 Å². The first-order chi connectivity index (χ1) is 12.6. The second-order valence-electron chi connectivity index (χ2n) is 5.94. The smallest absolute Gasteiger partial charge is 0.347 e. The van der Waals surface area contributed by atoms with Crippen LogP contribution in [0, 0.1) is 0 Å². The molecule has 142 valence electrons. The Labute approximate surface area is 154 Å². The normalized spacial score (nSPS) is 13.7. The van der Waals surface area contributed by atoms with Gasteiger partial charge in [0, 0.05) is 13.1 Å². The van der Waals surface area contributed by atoms with Crippen molar-refractivity contribution in [3.63, 3.8) is 0 Å². The summed E-state index contributed by atoms with van der Waals surface area (Å²) < 4.78 is 15.5. The minimum Gasteiger partial charge on any atom is -0.497 e. The van der Waals surface area contributed by atoms with Crippen LogP contribution in [0.15, 0.2) is 29.8 Å². The van der Waals surface area contributed by atoms with Crippen molar-refractivity contribution in [3.05, 3.63) is 35.4 Å². The molecule has 1 heterocycles. The van der Waals surface area contributed by atoms with Crippen molar-refractivity contribution < 1.29 is 23.8 Å². The molecule has 1 saturated heterocycles. The molecule has 1 fully saturated rings. The van der Waals surface area contributed by atoms with Gasteiger partial charge in [-0.05, 0) is 62.9 Å². The Bertz CT molecular complexity index is 625. The van der Waals surface area contributed by atoms with Gasteiger partial charge in [0.15, 0.2) is 5.57 Å². The second kappa shape index (κ2) is 9.85. The molecule has 0 bridgehead atoms. The number of hydrogen-bond donors (Lipinski definition) is 0. The molecule has 1 aromatic carbocycles. The number of benzene rings is 1. The van der Waals surface area contributed by atoms with Crippen LogP contribution in [0.5, 0.6) is 5.75 Å². The van der Waals surface area contributed by atoms with Gasteiger partial charge in [-0.1, -0.05) is 0 Å². The highest BCUT2D eigenvalue weighted by Crippen LogP contribution is 2.29. The van der Waals surface area contributed by atoms with Crippen LogP contribution in [-0.4, -0.2) is 50.3 Å². The van der Waals surface area contributed by atoms with Gasteiger partial charge < -0.3 is 19.1 Å². The largest absolute Gasteiger partial charge is 0.497 e. The van der Waals surface area contributed by atoms with Crippen LogP contribution < -0.4 is 4.74 Å². The monoisotopic (exact) mass is 361 g/mol. The van der Waals surface area contributed by atoms with E-state index in [0.29, 0.717) is 11.4 Å². The summed E-state index contributed by atoms with van der Waals surface area (Å²) in [7, 11) is 1.60. The fourth-order valence-electron chi connectivity index (χ4n) is 3.03. The summed E-state index contributed by atoms with van der Waals surface area (Å²) in [6, 6.07) is 7.32. The molecule has 1 aromatic rings. The van der Waals surface area contributed by atoms with Gasteiger partial charge in [-0.2, -0.15) is 0 Å². The molecule has 1 aliphatic rings. The Morgan fingerprint density at radius 1 is 0.923 bits per heavy atom. The highest BCUT2D eigenvalue weighted by Gasteiger charge is 2.30. The second-order valence-corrected chi connectivity index (χ2v) is 5.94. The predicted molar refractivity (Wildman–Crippen MR) is 98.6 cm³/mol. The molecule has 0 amide bonds. The highest BCUT2D eigenvalue weighted by molar-refractivity contribution is 6.19. The zero-order valence-electron chi connectivity index (χ0n) is 15.7. The Morgan fingerprint density at radius 2 is 1.46 bits per heavy atom. The Hall–Kier alpha value is -2.50. The van der Waals surface area contributed by atoms with Crippen molar-refractivity contribution in [2.24, 2.45) is 0 Å². The summed E-state index contributed by atoms with van der Waals surface area (Å²) in [5, 5.41) is 0. The highest BCUT2D eigenvalue weighted by atomic mass is 16.6. The summed E-state index contributed by atoms with van der Waals surface area (Å²) in [5.74, 6) is -0.592. The van der Waals surface area contributed by atoms with E-state index in [-0.39, 0.29) is 18.8 Å². The molecule has 1 aliphatic heterocycles. The number of ether oxygens (including phenoxy) is 3. The van der Waals surface area contributed by atoms with Crippen LogP contribution in [0.25, 0.3) is 5.70 Å². The molecule has 26 heavy (non-hydrogen) atoms. The van der Waals surface area contributed by atoms with Gasteiger partial charge >= 0.3 is 11.9 Å². The van der Waals surface area contributed by atoms with E-state index >= 15 is 0 Å². The third kappa shape index (κ3) is 4.77. The van der Waals surface area contributed by atoms with E-state index < -0.39 is 11.9 Å². The third-order valence-electron chi connectivity index (χ3n) is 4.23. The van der Waals surface area contributed by atoms with E-state index in [9.17, 15) is 9.59 Å². The number of esters is 2. The van der Waals surface area contributed by atoms with Crippen molar-refractivity contribution >= 4 is 17.6 Å². The van der Waals surface area contributed by atoms with Gasteiger partial charge in [-0.3, -0.25) is 0 Å². The average Bonchev–Trinajstić information content (AvgIpc) is 2.67. The molecule has 0 aromatic heterocycles. The Kier molecular flexibility index (Phi) is 7.51. The number of rotatable bonds is 7. The van der Waals surface area contributed by atoms with Gasteiger partial charge in [-0.25, -0.2) is 9.59 Å². The van der Waals surface area contributed by atoms with Crippen LogP contribution in [0.2, 0.25) is 0 Å². The Morgan fingerprint density at radius 3 is 1.92 bits per heavy atom. The van der Waals surface area contributed by atoms with E-state index in [4.69, 9.17) is 14.2 Å². The molecule has 0 unspecified atom stereocenters. The molecule has 0 saturated carbocycles. The van der Waals surface area contributed by atoms with Crippen molar-refractivity contribution in [2.75, 3.05) is 33.4 Å². The molecule has 0 aliphatic carbocycles. The molecular formula is C20H27NO5. The summed E-state index contributed by atoms with van der Waals surface area (Å²) in [6.07, 6.45) is 3.16. The fourth-order valence-corrected chi connectivity index (χ4v) is 3.03. The van der Waals surface area contributed by atoms with Crippen LogP contribution >= 0.6 is 0 Å². The molecule has 0 N–H and O–H groups in total. The number of carbonyl (C=O) groups is 2. The molecule has 6 nitrogen and oxygen atoms in total. The molecule has 2 rings (SSSR count). The van der Waals surface area contributed by atoms with Crippen molar-refractivity contribution in [2.45, 2.75) is 33.1 Å². The molecule has 6 heteroatoms. The topological polar surface area (TPSA) is 65.1 Å². The zero-order valence-corrected chi connectivity index (χ0v) is 15.7. The van der Waals surface area contributed by atoms with Crippen LogP contribution in [0.3, 0.4) is 0 Å². The Balaban J connectivity index is 2.58. The third-order valence-corrected chi connectivity index (χ3v) is 4.23. The number of piperidine rings is 1. The lowest BCUT2D eigenvalue weighted by Crippen LogP contribution is -2.32. The minimum atomic E-state index is -0.651. The van der Waals surface area contributed by atoms with Gasteiger partial charge in [-0.15, -0.1) is 0 Å². The van der Waals surface area contributed by atoms with E-state index in [0.717, 1.165) is 37.9 Å². The summed E-state index contributed by atoms with van der Waals surface area (Å²) >= 11 is 0. The lowest BCUT2D eigenvalue weighted by atomic mass is 10.0. The molecule has 0 spiro atoms. The molecule has 0 radical (unpaired) electrons. The quantitative estimate of drug-likeness (QED) is 0.322. The van der Waals surface area contributed by atoms with E-state index in [1.807, 2.05) is 24.3 Å². The maximum Gasteiger partial charge on any atom is 0.347 e. The van der Waals surface area contributed by atoms with Crippen molar-refractivity contribution in [1.29, 1.82) is 0 Å². The van der Waals surface area contributed by atoms with Gasteiger partial charge in [0.1, 0.15) is 5.75 Å². The van der Waals surface area contributed by atoms with Gasteiger partial charge in [0.25, 0.3) is 0 Å². The SMILES string of the molecule is CCOC(=O)C(C(=O)OCC)=C(c1ccc(OC)cc1)N1CCCCC1. The van der Waals surface area contributed by atoms with Crippen LogP contribution in [0.1, 0.15) is 38.7 Å². The van der Waals surface area contributed by atoms with Gasteiger partial charge in [0.2, 0.25) is 0 Å². The van der Waals surface area contributed by atoms with E-state index in [1.54, 1.807) is 21.0 Å². The standard InChI is InChI=1S/C20H27NO5/c1-4-25-19(22)17(20(23)26-5-2)18(21-13-7-6-8-14-21)15-9-11-16(24-3)12-10-15/h9-12H,4-8,13-14H2,1-3H3. The zero-order chi connectivity index (χ0) is 18.9. The maximum atomic E-state index is 12.6. The van der Waals surface area contributed by atoms with Crippen molar-refractivity contribution in [1.82, 2.24) is 4.90 Å². The van der Waals surface area contributed by atoms with Crippen molar-refractivity contribution in [3.8, 4) is 5.75 Å². The summed E-state index contributed by atoms with van der Waals surface area (Å²) in [5.41, 5.74) is 1.30. The lowest BCUT2D eigenvalue weighted by Gasteiger charge is -2.32. The first kappa shape index (κ1) is 19.8. The summed E-state index contributed by atoms with van der Waals surface area (Å²) in [6.45, 7) is 5.38. The van der Waals surface area contributed by atoms with Gasteiger partial charge in [0.05, 0.1) is 26.0 Å². The number of nitrogens with zero attached hydrogens (tertiary/aromatic N) is 1. The molecule has 0 atom stereocenters. The minimum absolute atomic E-state index is 0.0410. The lowest BCUT2D eigenvalue weighted by molar-refractivity contribution is -0.146. The first-order valence-electron chi connectivity index (χ1n) is 9.10. The summed E-state index contributed by atoms with van der Waals surface area (Å²) in [4.78, 5) is 27.3. The molecular weight excluding hydrogens is 334 g/mol. The van der Waals surface area contributed by atoms with E-state index in [1.165, 1.54) is 0 Å². The number of likely N-dealkylation sites (tertiary alicyclic amines) is 1. The predicted octanol–water partition coefficient (Wildman–Crippen LogP) is 3.02. The van der Waals surface area contributed by atoms with Crippen LogP contribution in [-0.2, 0) is 19.1 Å². The first-order valence-corrected chi connectivity index (χ1v) is 9.10.